The average Bonchev–Trinajstić information content (AvgIpc) is 3.19. The summed E-state index contributed by atoms with van der Waals surface area (Å²) in [4.78, 5) is 20.8. The molecule has 0 N–H and O–H groups in total. The van der Waals surface area contributed by atoms with Gasteiger partial charge in [0.05, 0.1) is 24.3 Å². The highest BCUT2D eigenvalue weighted by Crippen LogP contribution is 2.37. The summed E-state index contributed by atoms with van der Waals surface area (Å²) in [5.41, 5.74) is 10.5. The van der Waals surface area contributed by atoms with Gasteiger partial charge in [0.15, 0.2) is 0 Å². The van der Waals surface area contributed by atoms with E-state index >= 15 is 0 Å². The number of halogens is 2. The minimum atomic E-state index is 0.338. The zero-order valence-electron chi connectivity index (χ0n) is 32.6. The highest BCUT2D eigenvalue weighted by molar-refractivity contribution is 6.32. The lowest BCUT2D eigenvalue weighted by atomic mass is 9.92. The van der Waals surface area contributed by atoms with Crippen LogP contribution in [0.1, 0.15) is 44.5 Å². The van der Waals surface area contributed by atoms with Crippen molar-refractivity contribution in [2.24, 2.45) is 0 Å². The van der Waals surface area contributed by atoms with E-state index in [1.807, 2.05) is 63.1 Å². The molecule has 0 bridgehead atoms. The first kappa shape index (κ1) is 40.4. The Labute approximate surface area is 339 Å². The first-order chi connectivity index (χ1) is 27.1. The Hall–Kier alpha value is -5.26. The molecule has 0 fully saturated rings. The zero-order chi connectivity index (χ0) is 39.6. The maximum atomic E-state index is 6.78. The van der Waals surface area contributed by atoms with E-state index in [1.54, 1.807) is 14.2 Å². The minimum absolute atomic E-state index is 0.338. The standard InChI is InChI=1S/C44H46Cl2N6O4/c1-29-33(25-55-43-15-41(53-5)35(13-39(43)45)23-51(3)21-31-17-47-27-48-18-31)9-7-11-37(29)38-12-8-10-34(30(38)2)26-56-44-16-42(54-6)36(14-40(44)46)24-52(4)22-32-19-49-28-50-20-32/h7-20,27-28H,21-26H2,1-6H3. The van der Waals surface area contributed by atoms with Crippen molar-refractivity contribution in [3.63, 3.8) is 0 Å². The molecule has 2 heterocycles. The summed E-state index contributed by atoms with van der Waals surface area (Å²) >= 11 is 13.6. The number of methoxy groups -OCH3 is 2. The number of hydrogen-bond acceptors (Lipinski definition) is 10. The quantitative estimate of drug-likeness (QED) is 0.0890. The van der Waals surface area contributed by atoms with Crippen LogP contribution in [-0.4, -0.2) is 58.1 Å². The third kappa shape index (κ3) is 10.1. The first-order valence-corrected chi connectivity index (χ1v) is 18.9. The van der Waals surface area contributed by atoms with Crippen molar-refractivity contribution in [2.75, 3.05) is 28.3 Å². The molecular weight excluding hydrogens is 747 g/mol. The van der Waals surface area contributed by atoms with Gasteiger partial charge in [-0.15, -0.1) is 0 Å². The molecule has 6 rings (SSSR count). The summed E-state index contributed by atoms with van der Waals surface area (Å²) in [6.45, 7) is 7.54. The van der Waals surface area contributed by atoms with E-state index in [-0.39, 0.29) is 0 Å². The molecule has 4 aromatic carbocycles. The van der Waals surface area contributed by atoms with Crippen LogP contribution in [0.4, 0.5) is 0 Å². The van der Waals surface area contributed by atoms with Gasteiger partial charge in [0.1, 0.15) is 48.9 Å². The normalized spacial score (nSPS) is 11.2. The average molecular weight is 794 g/mol. The highest BCUT2D eigenvalue weighted by Gasteiger charge is 2.17. The van der Waals surface area contributed by atoms with Gasteiger partial charge in [-0.05, 0) is 73.5 Å². The van der Waals surface area contributed by atoms with Gasteiger partial charge >= 0.3 is 0 Å². The fraction of sp³-hybridized carbons (Fsp3) is 0.273. The number of benzene rings is 4. The van der Waals surface area contributed by atoms with Crippen LogP contribution < -0.4 is 18.9 Å². The summed E-state index contributed by atoms with van der Waals surface area (Å²) in [5, 5.41) is 1.04. The van der Waals surface area contributed by atoms with Crippen molar-refractivity contribution in [3.05, 3.63) is 153 Å². The molecule has 0 amide bonds. The molecule has 0 saturated carbocycles. The van der Waals surface area contributed by atoms with E-state index in [1.165, 1.54) is 12.7 Å². The van der Waals surface area contributed by atoms with Crippen LogP contribution in [0.3, 0.4) is 0 Å². The van der Waals surface area contributed by atoms with Crippen molar-refractivity contribution in [1.29, 1.82) is 0 Å². The van der Waals surface area contributed by atoms with E-state index < -0.39 is 0 Å². The predicted molar refractivity (Wildman–Crippen MR) is 220 cm³/mol. The fourth-order valence-corrected chi connectivity index (χ4v) is 7.20. The van der Waals surface area contributed by atoms with Gasteiger partial charge in [-0.25, -0.2) is 19.9 Å². The van der Waals surface area contributed by atoms with Gasteiger partial charge in [0, 0.05) is 85.4 Å². The molecule has 0 atom stereocenters. The molecule has 10 nitrogen and oxygen atoms in total. The number of aromatic nitrogens is 4. The summed E-state index contributed by atoms with van der Waals surface area (Å²) < 4.78 is 24.2. The second-order valence-electron chi connectivity index (χ2n) is 13.8. The van der Waals surface area contributed by atoms with Crippen molar-refractivity contribution in [2.45, 2.75) is 53.2 Å². The molecule has 6 aromatic rings. The second-order valence-corrected chi connectivity index (χ2v) is 14.6. The van der Waals surface area contributed by atoms with Crippen LogP contribution in [0.25, 0.3) is 11.1 Å². The van der Waals surface area contributed by atoms with Crippen molar-refractivity contribution < 1.29 is 18.9 Å². The van der Waals surface area contributed by atoms with E-state index in [0.29, 0.717) is 72.4 Å². The molecule has 56 heavy (non-hydrogen) atoms. The van der Waals surface area contributed by atoms with Crippen molar-refractivity contribution >= 4 is 23.2 Å². The molecule has 0 radical (unpaired) electrons. The third-order valence-corrected chi connectivity index (χ3v) is 10.2. The van der Waals surface area contributed by atoms with Gasteiger partial charge in [-0.2, -0.15) is 0 Å². The largest absolute Gasteiger partial charge is 0.496 e. The Balaban J connectivity index is 1.12. The predicted octanol–water partition coefficient (Wildman–Crippen LogP) is 9.30. The van der Waals surface area contributed by atoms with E-state index in [2.05, 4.69) is 80.0 Å². The molecule has 0 aliphatic heterocycles. The molecule has 2 aromatic heterocycles. The second kappa shape index (κ2) is 19.1. The minimum Gasteiger partial charge on any atom is -0.496 e. The lowest BCUT2D eigenvalue weighted by Gasteiger charge is -2.20. The molecule has 0 aliphatic carbocycles. The maximum absolute atomic E-state index is 6.78. The lowest BCUT2D eigenvalue weighted by Crippen LogP contribution is -2.18. The van der Waals surface area contributed by atoms with Crippen molar-refractivity contribution in [1.82, 2.24) is 29.7 Å². The fourth-order valence-electron chi connectivity index (χ4n) is 6.71. The Morgan fingerprint density at radius 1 is 0.518 bits per heavy atom. The summed E-state index contributed by atoms with van der Waals surface area (Å²) in [5.74, 6) is 2.53. The van der Waals surface area contributed by atoms with Crippen molar-refractivity contribution in [3.8, 4) is 34.1 Å². The highest BCUT2D eigenvalue weighted by atomic mass is 35.5. The maximum Gasteiger partial charge on any atom is 0.142 e. The van der Waals surface area contributed by atoms with Gasteiger partial charge in [-0.3, -0.25) is 9.80 Å². The topological polar surface area (TPSA) is 95.0 Å². The van der Waals surface area contributed by atoms with E-state index in [9.17, 15) is 0 Å². The van der Waals surface area contributed by atoms with Gasteiger partial charge in [-0.1, -0.05) is 59.6 Å². The Kier molecular flexibility index (Phi) is 13.8. The Morgan fingerprint density at radius 2 is 0.911 bits per heavy atom. The number of hydrogen-bond donors (Lipinski definition) is 0. The molecule has 0 aliphatic rings. The van der Waals surface area contributed by atoms with Crippen LogP contribution in [0.2, 0.25) is 10.0 Å². The summed E-state index contributed by atoms with van der Waals surface area (Å²) in [6, 6.07) is 20.1. The van der Waals surface area contributed by atoms with Gasteiger partial charge in [0.2, 0.25) is 0 Å². The van der Waals surface area contributed by atoms with Gasteiger partial charge in [0.25, 0.3) is 0 Å². The monoisotopic (exact) mass is 792 g/mol. The SMILES string of the molecule is COc1cc(OCc2cccc(-c3cccc(COc4cc(OC)c(CN(C)Cc5cncnc5)cc4Cl)c3C)c2C)c(Cl)cc1CN(C)Cc1cncnc1. The van der Waals surface area contributed by atoms with E-state index in [4.69, 9.17) is 42.1 Å². The molecule has 12 heteroatoms. The first-order valence-electron chi connectivity index (χ1n) is 18.1. The van der Waals surface area contributed by atoms with E-state index in [0.717, 1.165) is 55.6 Å². The number of nitrogens with zero attached hydrogens (tertiary/aromatic N) is 6. The Morgan fingerprint density at radius 3 is 1.29 bits per heavy atom. The van der Waals surface area contributed by atoms with Crippen LogP contribution in [0, 0.1) is 13.8 Å². The molecular formula is C44H46Cl2N6O4. The number of ether oxygens (including phenoxy) is 4. The molecule has 0 saturated heterocycles. The van der Waals surface area contributed by atoms with Crippen LogP contribution in [-0.2, 0) is 39.4 Å². The van der Waals surface area contributed by atoms with Crippen LogP contribution >= 0.6 is 23.2 Å². The molecule has 0 unspecified atom stereocenters. The smallest absolute Gasteiger partial charge is 0.142 e. The zero-order valence-corrected chi connectivity index (χ0v) is 34.1. The summed E-state index contributed by atoms with van der Waals surface area (Å²) in [6.07, 6.45) is 10.3. The molecule has 0 spiro atoms. The molecule has 290 valence electrons. The Bertz CT molecular complexity index is 2090. The third-order valence-electron chi connectivity index (χ3n) is 9.63. The van der Waals surface area contributed by atoms with Crippen LogP contribution in [0.15, 0.2) is 98.1 Å². The van der Waals surface area contributed by atoms with Gasteiger partial charge < -0.3 is 18.9 Å². The lowest BCUT2D eigenvalue weighted by molar-refractivity contribution is 0.297. The van der Waals surface area contributed by atoms with Crippen LogP contribution in [0.5, 0.6) is 23.0 Å². The number of rotatable bonds is 17. The summed E-state index contributed by atoms with van der Waals surface area (Å²) in [7, 11) is 7.37.